The number of hydrogen-bond donors (Lipinski definition) is 3. The van der Waals surface area contributed by atoms with E-state index in [2.05, 4.69) is 5.32 Å². The van der Waals surface area contributed by atoms with Crippen LogP contribution in [0.1, 0.15) is 43.9 Å². The number of ether oxygens (including phenoxy) is 1. The monoisotopic (exact) mass is 393 g/mol. The molecule has 2 atom stereocenters. The van der Waals surface area contributed by atoms with E-state index in [1.807, 2.05) is 20.8 Å². The number of anilines is 1. The molecule has 0 saturated carbocycles. The highest BCUT2D eigenvalue weighted by Crippen LogP contribution is 2.37. The smallest absolute Gasteiger partial charge is 0.218 e. The average molecular weight is 394 g/mol. The molecule has 0 fully saturated rings. The van der Waals surface area contributed by atoms with Crippen molar-refractivity contribution in [3.63, 3.8) is 0 Å². The van der Waals surface area contributed by atoms with E-state index >= 15 is 4.39 Å². The normalized spacial score (nSPS) is 13.2. The van der Waals surface area contributed by atoms with Gasteiger partial charge in [0, 0.05) is 29.8 Å². The van der Waals surface area contributed by atoms with E-state index in [1.165, 1.54) is 0 Å². The highest BCUT2D eigenvalue weighted by Gasteiger charge is 2.22. The van der Waals surface area contributed by atoms with E-state index in [0.29, 0.717) is 23.4 Å². The fraction of sp³-hybridized carbons (Fsp3) is 0.350. The fourth-order valence-corrected chi connectivity index (χ4v) is 3.06. The maximum atomic E-state index is 15.2. The summed E-state index contributed by atoms with van der Waals surface area (Å²) in [6.07, 6.45) is 0.780. The molecule has 0 unspecified atom stereocenters. The topological polar surface area (TPSA) is 90.4 Å². The summed E-state index contributed by atoms with van der Waals surface area (Å²) in [5.41, 5.74) is 12.9. The van der Waals surface area contributed by atoms with Crippen LogP contribution in [0.4, 0.5) is 10.1 Å². The molecule has 0 aromatic heterocycles. The Bertz CT molecular complexity index is 829. The minimum Gasteiger partial charge on any atom is -0.453 e. The summed E-state index contributed by atoms with van der Waals surface area (Å²) in [4.78, 5) is 11.1. The van der Waals surface area contributed by atoms with Gasteiger partial charge in [0.25, 0.3) is 0 Å². The maximum Gasteiger partial charge on any atom is 0.218 e. The number of rotatable bonds is 8. The van der Waals surface area contributed by atoms with E-state index in [4.69, 9.17) is 27.8 Å². The number of nitrogen functional groups attached to an aromatic ring is 1. The molecular formula is C20H25ClFN3O2. The Morgan fingerprint density at radius 1 is 1.33 bits per heavy atom. The highest BCUT2D eigenvalue weighted by atomic mass is 35.5. The van der Waals surface area contributed by atoms with Gasteiger partial charge in [0.2, 0.25) is 5.91 Å². The van der Waals surface area contributed by atoms with E-state index in [-0.39, 0.29) is 29.3 Å². The Kier molecular flexibility index (Phi) is 7.05. The Morgan fingerprint density at radius 3 is 2.63 bits per heavy atom. The molecule has 2 rings (SSSR count). The first kappa shape index (κ1) is 21.0. The molecule has 146 valence electrons. The second kappa shape index (κ2) is 9.06. The molecule has 0 aliphatic carbocycles. The summed E-state index contributed by atoms with van der Waals surface area (Å²) in [6.45, 7) is 5.59. The van der Waals surface area contributed by atoms with Crippen molar-refractivity contribution < 1.29 is 13.9 Å². The standard InChI is InChI=1S/C20H25ClFN3O2/c1-4-17(25-12(3)10-18(24)26)14-6-7-15(21)20(19(14)22)27-13-5-8-16(23)11(2)9-13/h5-9,12,17,25H,4,10,23H2,1-3H3,(H2,24,26)/t12-,17-/m1/s1. The van der Waals surface area contributed by atoms with Crippen LogP contribution in [0.25, 0.3) is 0 Å². The number of nitrogens with two attached hydrogens (primary N) is 2. The first-order valence-corrected chi connectivity index (χ1v) is 9.16. The van der Waals surface area contributed by atoms with Crippen LogP contribution in [0.2, 0.25) is 5.02 Å². The van der Waals surface area contributed by atoms with Gasteiger partial charge in [0.05, 0.1) is 5.02 Å². The molecule has 2 aromatic rings. The lowest BCUT2D eigenvalue weighted by atomic mass is 10.0. The molecule has 0 aliphatic rings. The molecule has 0 spiro atoms. The van der Waals surface area contributed by atoms with Crippen molar-refractivity contribution in [2.24, 2.45) is 5.73 Å². The van der Waals surface area contributed by atoms with Gasteiger partial charge >= 0.3 is 0 Å². The molecule has 0 bridgehead atoms. The zero-order valence-corrected chi connectivity index (χ0v) is 16.4. The largest absolute Gasteiger partial charge is 0.453 e. The lowest BCUT2D eigenvalue weighted by Crippen LogP contribution is -2.34. The quantitative estimate of drug-likeness (QED) is 0.577. The minimum atomic E-state index is -0.539. The second-order valence-electron chi connectivity index (χ2n) is 6.60. The van der Waals surface area contributed by atoms with Crippen LogP contribution >= 0.6 is 11.6 Å². The van der Waals surface area contributed by atoms with Crippen LogP contribution in [0, 0.1) is 12.7 Å². The van der Waals surface area contributed by atoms with Crippen LogP contribution in [0.15, 0.2) is 30.3 Å². The predicted molar refractivity (Wildman–Crippen MR) is 107 cm³/mol. The number of benzene rings is 2. The number of nitrogens with one attached hydrogen (secondary N) is 1. The molecule has 0 saturated heterocycles. The molecule has 0 heterocycles. The molecule has 27 heavy (non-hydrogen) atoms. The number of amides is 1. The minimum absolute atomic E-state index is 0.0406. The highest BCUT2D eigenvalue weighted by molar-refractivity contribution is 6.32. The van der Waals surface area contributed by atoms with Gasteiger partial charge in [-0.3, -0.25) is 4.79 Å². The van der Waals surface area contributed by atoms with E-state index in [9.17, 15) is 4.79 Å². The van der Waals surface area contributed by atoms with Crippen LogP contribution in [0.5, 0.6) is 11.5 Å². The van der Waals surface area contributed by atoms with Crippen molar-refractivity contribution >= 4 is 23.2 Å². The van der Waals surface area contributed by atoms with Crippen molar-refractivity contribution in [3.8, 4) is 11.5 Å². The summed E-state index contributed by atoms with van der Waals surface area (Å²) in [5.74, 6) is -0.546. The van der Waals surface area contributed by atoms with Gasteiger partial charge < -0.3 is 21.5 Å². The van der Waals surface area contributed by atoms with Gasteiger partial charge in [-0.25, -0.2) is 4.39 Å². The summed E-state index contributed by atoms with van der Waals surface area (Å²) in [5, 5.41) is 3.40. The second-order valence-corrected chi connectivity index (χ2v) is 7.01. The fourth-order valence-electron chi connectivity index (χ4n) is 2.87. The van der Waals surface area contributed by atoms with Gasteiger partial charge in [0.15, 0.2) is 11.6 Å². The lowest BCUT2D eigenvalue weighted by Gasteiger charge is -2.23. The van der Waals surface area contributed by atoms with E-state index in [1.54, 1.807) is 30.3 Å². The summed E-state index contributed by atoms with van der Waals surface area (Å²) in [6, 6.07) is 7.80. The van der Waals surface area contributed by atoms with E-state index < -0.39 is 11.7 Å². The SMILES string of the molecule is CC[C@@H](N[C@H](C)CC(N)=O)c1ccc(Cl)c(Oc2ccc(N)c(C)c2)c1F. The number of aryl methyl sites for hydroxylation is 1. The van der Waals surface area contributed by atoms with Crippen molar-refractivity contribution in [1.82, 2.24) is 5.32 Å². The van der Waals surface area contributed by atoms with Gasteiger partial charge in [-0.2, -0.15) is 0 Å². The van der Waals surface area contributed by atoms with E-state index in [0.717, 1.165) is 5.56 Å². The van der Waals surface area contributed by atoms with Crippen molar-refractivity contribution in [2.45, 2.75) is 45.7 Å². The van der Waals surface area contributed by atoms with Crippen molar-refractivity contribution in [1.29, 1.82) is 0 Å². The molecule has 1 amide bonds. The summed E-state index contributed by atoms with van der Waals surface area (Å²) in [7, 11) is 0. The molecule has 0 aliphatic heterocycles. The van der Waals surface area contributed by atoms with Crippen molar-refractivity contribution in [2.75, 3.05) is 5.73 Å². The summed E-state index contributed by atoms with van der Waals surface area (Å²) < 4.78 is 20.9. The van der Waals surface area contributed by atoms with Crippen LogP contribution in [0.3, 0.4) is 0 Å². The first-order chi connectivity index (χ1) is 12.7. The van der Waals surface area contributed by atoms with Gasteiger partial charge in [0.1, 0.15) is 5.75 Å². The molecule has 7 heteroatoms. The maximum absolute atomic E-state index is 15.2. The number of carbonyl (C=O) groups is 1. The Morgan fingerprint density at radius 2 is 2.04 bits per heavy atom. The zero-order valence-electron chi connectivity index (χ0n) is 15.7. The van der Waals surface area contributed by atoms with Crippen LogP contribution in [-0.2, 0) is 4.79 Å². The first-order valence-electron chi connectivity index (χ1n) is 8.79. The third-order valence-corrected chi connectivity index (χ3v) is 4.61. The number of hydrogen-bond acceptors (Lipinski definition) is 4. The zero-order chi connectivity index (χ0) is 20.1. The Balaban J connectivity index is 2.32. The summed E-state index contributed by atoms with van der Waals surface area (Å²) >= 11 is 6.17. The molecular weight excluding hydrogens is 369 g/mol. The molecule has 0 radical (unpaired) electrons. The molecule has 2 aromatic carbocycles. The number of primary amides is 1. The number of carbonyl (C=O) groups excluding carboxylic acids is 1. The average Bonchev–Trinajstić information content (AvgIpc) is 2.59. The van der Waals surface area contributed by atoms with Crippen molar-refractivity contribution in [3.05, 3.63) is 52.3 Å². The van der Waals surface area contributed by atoms with Gasteiger partial charge in [-0.15, -0.1) is 0 Å². The molecule has 5 nitrogen and oxygen atoms in total. The Hall–Kier alpha value is -2.31. The number of halogens is 2. The Labute approximate surface area is 163 Å². The molecule has 5 N–H and O–H groups in total. The third kappa shape index (κ3) is 5.34. The van der Waals surface area contributed by atoms with Gasteiger partial charge in [-0.1, -0.05) is 24.6 Å². The lowest BCUT2D eigenvalue weighted by molar-refractivity contribution is -0.118. The van der Waals surface area contributed by atoms with Gasteiger partial charge in [-0.05, 0) is 50.1 Å². The van der Waals surface area contributed by atoms with Crippen LogP contribution in [-0.4, -0.2) is 11.9 Å². The third-order valence-electron chi connectivity index (χ3n) is 4.32. The van der Waals surface area contributed by atoms with Crippen LogP contribution < -0.4 is 21.5 Å². The predicted octanol–water partition coefficient (Wildman–Crippen LogP) is 4.47.